The first-order valence-corrected chi connectivity index (χ1v) is 3.51. The Labute approximate surface area is 39.9 Å². The summed E-state index contributed by atoms with van der Waals surface area (Å²) in [6, 6.07) is 0. The monoisotopic (exact) mass is 104 g/mol. The second-order valence-corrected chi connectivity index (χ2v) is 2.70. The van der Waals surface area contributed by atoms with Gasteiger partial charge < -0.3 is 4.79 Å². The van der Waals surface area contributed by atoms with Crippen molar-refractivity contribution in [3.8, 4) is 0 Å². The van der Waals surface area contributed by atoms with Gasteiger partial charge in [0.25, 0.3) is 0 Å². The predicted molar refractivity (Wildman–Crippen MR) is 29.8 cm³/mol. The smallest absolute Gasteiger partial charge is 0.126 e. The van der Waals surface area contributed by atoms with Gasteiger partial charge in [-0.3, -0.25) is 0 Å². The zero-order valence-corrected chi connectivity index (χ0v) is 5.06. The first-order valence-electron chi connectivity index (χ1n) is 1.94. The molecule has 0 amide bonds. The Kier molecular flexibility index (Phi) is 3.35. The number of hydrogen-bond acceptors (Lipinski definition) is 1. The van der Waals surface area contributed by atoms with Crippen molar-refractivity contribution in [3.63, 3.8) is 0 Å². The summed E-state index contributed by atoms with van der Waals surface area (Å²) in [4.78, 5) is 9.74. The van der Waals surface area contributed by atoms with E-state index < -0.39 is 0 Å². The zero-order valence-electron chi connectivity index (χ0n) is 4.06. The molecule has 0 heterocycles. The van der Waals surface area contributed by atoms with Crippen LogP contribution in [0.3, 0.4) is 0 Å². The van der Waals surface area contributed by atoms with Crippen LogP contribution in [0.5, 0.6) is 0 Å². The number of carbonyl (C=O) groups is 1. The van der Waals surface area contributed by atoms with Gasteiger partial charge in [-0.2, -0.15) is 0 Å². The minimum Gasteiger partial charge on any atom is -0.303 e. The maximum absolute atomic E-state index is 9.74. The third kappa shape index (κ3) is 2.34. The van der Waals surface area contributed by atoms with Crippen LogP contribution in [0.15, 0.2) is 0 Å². The van der Waals surface area contributed by atoms with Crippen LogP contribution in [0.25, 0.3) is 0 Å². The van der Waals surface area contributed by atoms with Gasteiger partial charge in [0, 0.05) is 5.66 Å². The maximum Gasteiger partial charge on any atom is 0.126 e. The molecule has 0 aliphatic rings. The molecule has 2 atom stereocenters. The van der Waals surface area contributed by atoms with Gasteiger partial charge in [0.2, 0.25) is 0 Å². The van der Waals surface area contributed by atoms with Gasteiger partial charge in [-0.05, 0) is 6.66 Å². The average Bonchev–Trinajstić information content (AvgIpc) is 1.65. The van der Waals surface area contributed by atoms with Crippen molar-refractivity contribution < 1.29 is 4.79 Å². The highest BCUT2D eigenvalue weighted by molar-refractivity contribution is 7.39. The van der Waals surface area contributed by atoms with Gasteiger partial charge in [-0.1, -0.05) is 6.92 Å². The van der Waals surface area contributed by atoms with Crippen LogP contribution < -0.4 is 0 Å². The molecule has 0 aliphatic heterocycles. The number of aldehydes is 1. The van der Waals surface area contributed by atoms with Crippen LogP contribution in [0, 0.1) is 0 Å². The zero-order chi connectivity index (χ0) is 4.99. The summed E-state index contributed by atoms with van der Waals surface area (Å²) in [6.07, 6.45) is 0.985. The van der Waals surface area contributed by atoms with E-state index >= 15 is 0 Å². The molecule has 0 aromatic rings. The highest BCUT2D eigenvalue weighted by Gasteiger charge is 1.88. The molecule has 0 spiro atoms. The second kappa shape index (κ2) is 3.30. The van der Waals surface area contributed by atoms with Crippen LogP contribution in [0.4, 0.5) is 0 Å². The van der Waals surface area contributed by atoms with Crippen molar-refractivity contribution in [2.75, 3.05) is 6.66 Å². The van der Waals surface area contributed by atoms with E-state index in [4.69, 9.17) is 0 Å². The van der Waals surface area contributed by atoms with Crippen LogP contribution >= 0.6 is 8.58 Å². The Hall–Kier alpha value is 0.100. The quantitative estimate of drug-likeness (QED) is 0.375. The topological polar surface area (TPSA) is 17.1 Å². The van der Waals surface area contributed by atoms with Crippen molar-refractivity contribution in [3.05, 3.63) is 0 Å². The predicted octanol–water partition coefficient (Wildman–Crippen LogP) is 0.882. The first kappa shape index (κ1) is 6.10. The average molecular weight is 104 g/mol. The summed E-state index contributed by atoms with van der Waals surface area (Å²) < 4.78 is 0. The molecule has 0 aromatic carbocycles. The van der Waals surface area contributed by atoms with Crippen molar-refractivity contribution in [1.82, 2.24) is 0 Å². The van der Waals surface area contributed by atoms with E-state index in [1.165, 1.54) is 0 Å². The summed E-state index contributed by atoms with van der Waals surface area (Å²) >= 11 is 0. The van der Waals surface area contributed by atoms with E-state index in [0.29, 0.717) is 0 Å². The molecule has 0 fully saturated rings. The fourth-order valence-electron chi connectivity index (χ4n) is 0.0680. The fourth-order valence-corrected chi connectivity index (χ4v) is 0.204. The summed E-state index contributed by atoms with van der Waals surface area (Å²) in [5.41, 5.74) is 0.282. The van der Waals surface area contributed by atoms with Crippen LogP contribution in [0.2, 0.25) is 0 Å². The minimum atomic E-state index is 0.282. The molecule has 2 heteroatoms. The van der Waals surface area contributed by atoms with E-state index in [1.807, 2.05) is 13.6 Å². The maximum atomic E-state index is 9.74. The molecule has 0 bridgehead atoms. The van der Waals surface area contributed by atoms with Gasteiger partial charge >= 0.3 is 0 Å². The number of rotatable bonds is 2. The van der Waals surface area contributed by atoms with E-state index in [2.05, 4.69) is 0 Å². The summed E-state index contributed by atoms with van der Waals surface area (Å²) in [5.74, 6) is 0. The molecule has 0 aromatic heterocycles. The normalized spacial score (nSPS) is 15.7. The molecule has 0 radical (unpaired) electrons. The summed E-state index contributed by atoms with van der Waals surface area (Å²) in [6.45, 7) is 3.95. The third-order valence-electron chi connectivity index (χ3n) is 0.659. The van der Waals surface area contributed by atoms with Crippen LogP contribution in [-0.4, -0.2) is 18.6 Å². The molecule has 1 nitrogen and oxygen atoms in total. The lowest BCUT2D eigenvalue weighted by molar-refractivity contribution is -0.107. The lowest BCUT2D eigenvalue weighted by Crippen LogP contribution is -1.90. The fraction of sp³-hybridized carbons (Fsp3) is 0.750. The SMILES string of the molecule is CPC(C)C=O. The molecule has 36 valence electrons. The molecule has 0 N–H and O–H groups in total. The van der Waals surface area contributed by atoms with Crippen molar-refractivity contribution in [2.24, 2.45) is 0 Å². The molecular weight excluding hydrogens is 95.0 g/mol. The Morgan fingerprint density at radius 1 is 1.83 bits per heavy atom. The molecule has 6 heavy (non-hydrogen) atoms. The molecule has 0 saturated heterocycles. The van der Waals surface area contributed by atoms with Crippen LogP contribution in [-0.2, 0) is 4.79 Å². The van der Waals surface area contributed by atoms with Gasteiger partial charge in [-0.15, -0.1) is 8.58 Å². The summed E-state index contributed by atoms with van der Waals surface area (Å²) in [7, 11) is 0.764. The molecule has 0 rings (SSSR count). The Balaban J connectivity index is 2.96. The standard InChI is InChI=1S/C4H9OP/c1-4(3-5)6-2/h3-4,6H,1-2H3. The second-order valence-electron chi connectivity index (χ2n) is 1.21. The molecule has 0 saturated carbocycles. The van der Waals surface area contributed by atoms with Gasteiger partial charge in [0.05, 0.1) is 0 Å². The largest absolute Gasteiger partial charge is 0.303 e. The van der Waals surface area contributed by atoms with E-state index in [0.717, 1.165) is 14.9 Å². The highest BCUT2D eigenvalue weighted by Crippen LogP contribution is 2.08. The van der Waals surface area contributed by atoms with E-state index in [9.17, 15) is 4.79 Å². The molecule has 2 unspecified atom stereocenters. The summed E-state index contributed by atoms with van der Waals surface area (Å²) in [5, 5.41) is 0. The van der Waals surface area contributed by atoms with Crippen molar-refractivity contribution >= 4 is 14.9 Å². The van der Waals surface area contributed by atoms with Crippen LogP contribution in [0.1, 0.15) is 6.92 Å². The van der Waals surface area contributed by atoms with Crippen molar-refractivity contribution in [1.29, 1.82) is 0 Å². The van der Waals surface area contributed by atoms with E-state index in [1.54, 1.807) is 0 Å². The Bertz CT molecular complexity index is 44.8. The number of carbonyl (C=O) groups excluding carboxylic acids is 1. The molecular formula is C4H9OP. The Morgan fingerprint density at radius 3 is 2.33 bits per heavy atom. The minimum absolute atomic E-state index is 0.282. The lowest BCUT2D eigenvalue weighted by atomic mass is 10.5. The van der Waals surface area contributed by atoms with Gasteiger partial charge in [0.1, 0.15) is 6.29 Å². The highest BCUT2D eigenvalue weighted by atomic mass is 31.1. The lowest BCUT2D eigenvalue weighted by Gasteiger charge is -1.90. The van der Waals surface area contributed by atoms with E-state index in [-0.39, 0.29) is 5.66 Å². The Morgan fingerprint density at radius 2 is 2.33 bits per heavy atom. The van der Waals surface area contributed by atoms with Gasteiger partial charge in [-0.25, -0.2) is 0 Å². The molecule has 0 aliphatic carbocycles. The first-order chi connectivity index (χ1) is 2.81. The van der Waals surface area contributed by atoms with Crippen molar-refractivity contribution in [2.45, 2.75) is 12.6 Å². The number of hydrogen-bond donors (Lipinski definition) is 0. The van der Waals surface area contributed by atoms with Gasteiger partial charge in [0.15, 0.2) is 0 Å². The third-order valence-corrected chi connectivity index (χ3v) is 1.71.